The van der Waals surface area contributed by atoms with Gasteiger partial charge in [0.25, 0.3) is 0 Å². The molecule has 0 bridgehead atoms. The molecule has 0 heterocycles. The van der Waals surface area contributed by atoms with E-state index in [4.69, 9.17) is 0 Å². The monoisotopic (exact) mass is 157 g/mol. The fraction of sp³-hybridized carbons (Fsp3) is 1.00. The van der Waals surface area contributed by atoms with Crippen molar-refractivity contribution in [3.8, 4) is 0 Å². The molecule has 0 saturated carbocycles. The minimum Gasteiger partial charge on any atom is -0.0713 e. The molecule has 0 aliphatic carbocycles. The van der Waals surface area contributed by atoms with Crippen LogP contribution in [0.25, 0.3) is 0 Å². The van der Waals surface area contributed by atoms with Crippen molar-refractivity contribution in [1.29, 1.82) is 0 Å². The van der Waals surface area contributed by atoms with Crippen LogP contribution in [0.4, 0.5) is 0 Å². The molecular formula is C9H21Si. The van der Waals surface area contributed by atoms with Crippen molar-refractivity contribution in [2.75, 3.05) is 0 Å². The fourth-order valence-corrected chi connectivity index (χ4v) is 2.04. The number of hydrogen-bond donors (Lipinski definition) is 0. The van der Waals surface area contributed by atoms with Gasteiger partial charge in [-0.3, -0.25) is 0 Å². The first-order valence-electron chi connectivity index (χ1n) is 4.56. The van der Waals surface area contributed by atoms with E-state index in [1.165, 1.54) is 38.1 Å². The van der Waals surface area contributed by atoms with E-state index in [9.17, 15) is 0 Å². The Labute approximate surface area is 67.6 Å². The molecule has 61 valence electrons. The second-order valence-corrected chi connectivity index (χ2v) is 6.29. The summed E-state index contributed by atoms with van der Waals surface area (Å²) in [5.41, 5.74) is 0. The first-order valence-corrected chi connectivity index (χ1v) is 7.27. The van der Waals surface area contributed by atoms with Crippen molar-refractivity contribution in [2.24, 2.45) is 0 Å². The predicted octanol–water partition coefficient (Wildman–Crippen LogP) is 3.71. The van der Waals surface area contributed by atoms with Gasteiger partial charge >= 0.3 is 0 Å². The summed E-state index contributed by atoms with van der Waals surface area (Å²) in [6.07, 6.45) is 7.24. The molecule has 0 saturated heterocycles. The van der Waals surface area contributed by atoms with Crippen molar-refractivity contribution < 1.29 is 0 Å². The van der Waals surface area contributed by atoms with E-state index in [0.29, 0.717) is 0 Å². The SMILES string of the molecule is CCCCCCC[Si](C)C. The van der Waals surface area contributed by atoms with E-state index in [0.717, 1.165) is 0 Å². The van der Waals surface area contributed by atoms with Gasteiger partial charge in [0.1, 0.15) is 0 Å². The zero-order chi connectivity index (χ0) is 7.82. The summed E-state index contributed by atoms with van der Waals surface area (Å²) >= 11 is 0. The summed E-state index contributed by atoms with van der Waals surface area (Å²) in [4.78, 5) is 0. The van der Waals surface area contributed by atoms with Gasteiger partial charge in [0.15, 0.2) is 0 Å². The molecular weight excluding hydrogens is 136 g/mol. The molecule has 0 spiro atoms. The zero-order valence-corrected chi connectivity index (χ0v) is 8.74. The van der Waals surface area contributed by atoms with Crippen LogP contribution in [0.2, 0.25) is 19.1 Å². The lowest BCUT2D eigenvalue weighted by molar-refractivity contribution is 0.654. The Hall–Kier alpha value is 0.217. The first kappa shape index (κ1) is 10.2. The molecule has 0 fully saturated rings. The van der Waals surface area contributed by atoms with Gasteiger partial charge in [0.05, 0.1) is 0 Å². The minimum absolute atomic E-state index is 0.0783. The van der Waals surface area contributed by atoms with Crippen molar-refractivity contribution in [1.82, 2.24) is 0 Å². The maximum atomic E-state index is 2.41. The summed E-state index contributed by atoms with van der Waals surface area (Å²) in [5.74, 6) is 0. The largest absolute Gasteiger partial charge is 0.0713 e. The van der Waals surface area contributed by atoms with Crippen LogP contribution in [0.3, 0.4) is 0 Å². The maximum Gasteiger partial charge on any atom is 0.0412 e. The molecule has 0 atom stereocenters. The minimum atomic E-state index is 0.0783. The van der Waals surface area contributed by atoms with Crippen molar-refractivity contribution in [3.63, 3.8) is 0 Å². The standard InChI is InChI=1S/C9H21Si/c1-4-5-6-7-8-9-10(2)3/h4-9H2,1-3H3. The third kappa shape index (κ3) is 8.22. The Morgan fingerprint density at radius 3 is 2.00 bits per heavy atom. The third-order valence-electron chi connectivity index (χ3n) is 1.78. The van der Waals surface area contributed by atoms with Crippen LogP contribution in [-0.4, -0.2) is 8.80 Å². The molecule has 10 heavy (non-hydrogen) atoms. The van der Waals surface area contributed by atoms with Crippen LogP contribution in [0, 0.1) is 0 Å². The number of hydrogen-bond acceptors (Lipinski definition) is 0. The van der Waals surface area contributed by atoms with E-state index in [1.54, 1.807) is 0 Å². The molecule has 0 unspecified atom stereocenters. The van der Waals surface area contributed by atoms with Crippen LogP contribution in [-0.2, 0) is 0 Å². The summed E-state index contributed by atoms with van der Waals surface area (Å²) in [5, 5.41) is 0. The fourth-order valence-electron chi connectivity index (χ4n) is 1.08. The van der Waals surface area contributed by atoms with Gasteiger partial charge in [0, 0.05) is 8.80 Å². The van der Waals surface area contributed by atoms with Gasteiger partial charge < -0.3 is 0 Å². The molecule has 0 aromatic rings. The van der Waals surface area contributed by atoms with Gasteiger partial charge in [-0.05, 0) is 0 Å². The molecule has 0 aromatic heterocycles. The van der Waals surface area contributed by atoms with E-state index in [-0.39, 0.29) is 8.80 Å². The molecule has 0 aliphatic rings. The average molecular weight is 157 g/mol. The van der Waals surface area contributed by atoms with Crippen LogP contribution in [0.5, 0.6) is 0 Å². The molecule has 0 nitrogen and oxygen atoms in total. The molecule has 0 aromatic carbocycles. The van der Waals surface area contributed by atoms with E-state index < -0.39 is 0 Å². The molecule has 0 rings (SSSR count). The Balaban J connectivity index is 2.77. The van der Waals surface area contributed by atoms with Crippen molar-refractivity contribution >= 4 is 8.80 Å². The Bertz CT molecular complexity index is 59.7. The summed E-state index contributed by atoms with van der Waals surface area (Å²) < 4.78 is 0. The van der Waals surface area contributed by atoms with Gasteiger partial charge in [-0.2, -0.15) is 0 Å². The van der Waals surface area contributed by atoms with E-state index in [1.807, 2.05) is 0 Å². The average Bonchev–Trinajstić information content (AvgIpc) is 1.87. The third-order valence-corrected chi connectivity index (χ3v) is 3.13. The van der Waals surface area contributed by atoms with Gasteiger partial charge in [-0.15, -0.1) is 0 Å². The first-order chi connectivity index (χ1) is 4.77. The zero-order valence-electron chi connectivity index (χ0n) is 7.74. The smallest absolute Gasteiger partial charge is 0.0412 e. The molecule has 0 amide bonds. The van der Waals surface area contributed by atoms with Gasteiger partial charge in [-0.25, -0.2) is 0 Å². The molecule has 0 N–H and O–H groups in total. The summed E-state index contributed by atoms with van der Waals surface area (Å²) in [7, 11) is 0.0783. The lowest BCUT2D eigenvalue weighted by Crippen LogP contribution is -1.97. The van der Waals surface area contributed by atoms with Crippen LogP contribution in [0.15, 0.2) is 0 Å². The maximum absolute atomic E-state index is 2.41. The van der Waals surface area contributed by atoms with E-state index in [2.05, 4.69) is 20.0 Å². The van der Waals surface area contributed by atoms with E-state index >= 15 is 0 Å². The van der Waals surface area contributed by atoms with Gasteiger partial charge in [0.2, 0.25) is 0 Å². The normalized spacial score (nSPS) is 10.8. The Kier molecular flexibility index (Phi) is 7.48. The lowest BCUT2D eigenvalue weighted by atomic mass is 10.2. The van der Waals surface area contributed by atoms with Gasteiger partial charge in [-0.1, -0.05) is 58.2 Å². The second kappa shape index (κ2) is 7.33. The second-order valence-electron chi connectivity index (χ2n) is 3.37. The van der Waals surface area contributed by atoms with Crippen molar-refractivity contribution in [2.45, 2.75) is 58.2 Å². The molecule has 0 aliphatic heterocycles. The molecule has 1 heteroatoms. The highest BCUT2D eigenvalue weighted by Crippen LogP contribution is 2.06. The van der Waals surface area contributed by atoms with Crippen molar-refractivity contribution in [3.05, 3.63) is 0 Å². The highest BCUT2D eigenvalue weighted by Gasteiger charge is 1.94. The van der Waals surface area contributed by atoms with Crippen LogP contribution < -0.4 is 0 Å². The lowest BCUT2D eigenvalue weighted by Gasteiger charge is -2.01. The summed E-state index contributed by atoms with van der Waals surface area (Å²) in [6.45, 7) is 7.09. The molecule has 1 radical (unpaired) electrons. The van der Waals surface area contributed by atoms with Crippen LogP contribution >= 0.6 is 0 Å². The highest BCUT2D eigenvalue weighted by atomic mass is 28.3. The summed E-state index contributed by atoms with van der Waals surface area (Å²) in [6, 6.07) is 1.52. The number of rotatable bonds is 6. The van der Waals surface area contributed by atoms with Crippen LogP contribution in [0.1, 0.15) is 39.0 Å². The Morgan fingerprint density at radius 1 is 0.900 bits per heavy atom. The quantitative estimate of drug-likeness (QED) is 0.407. The predicted molar refractivity (Wildman–Crippen MR) is 51.0 cm³/mol. The topological polar surface area (TPSA) is 0 Å². The highest BCUT2D eigenvalue weighted by molar-refractivity contribution is 6.55. The number of unbranched alkanes of at least 4 members (excludes halogenated alkanes) is 4. The Morgan fingerprint density at radius 2 is 1.50 bits per heavy atom.